The molecule has 0 aromatic rings. The Bertz CT molecular complexity index is 179. The topological polar surface area (TPSA) is 37.3 Å². The number of rotatable bonds is 3. The Hall–Kier alpha value is -0.530. The summed E-state index contributed by atoms with van der Waals surface area (Å²) in [6, 6.07) is 0. The van der Waals surface area contributed by atoms with E-state index < -0.39 is 28.4 Å². The molecule has 0 atom stereocenters. The molecule has 1 N–H and O–H groups in total. The molecule has 0 aromatic heterocycles. The molecular formula is C3H5F5O2S. The molecule has 2 nitrogen and oxygen atoms in total. The molecule has 8 heteroatoms. The summed E-state index contributed by atoms with van der Waals surface area (Å²) in [5.74, 6) is -4.42. The SMILES string of the molecule is O=C(O)CCS(F)(F)(F)(F)F. The van der Waals surface area contributed by atoms with Crippen LogP contribution in [0.15, 0.2) is 0 Å². The quantitative estimate of drug-likeness (QED) is 0.711. The van der Waals surface area contributed by atoms with Gasteiger partial charge in [-0.15, -0.1) is 0 Å². The van der Waals surface area contributed by atoms with E-state index in [4.69, 9.17) is 5.11 Å². The second-order valence-corrected chi connectivity index (χ2v) is 4.64. The molecule has 11 heavy (non-hydrogen) atoms. The number of aliphatic carboxylic acids is 1. The van der Waals surface area contributed by atoms with Crippen LogP contribution in [-0.2, 0) is 4.79 Å². The van der Waals surface area contributed by atoms with Gasteiger partial charge in [-0.05, 0) is 0 Å². The predicted octanol–water partition coefficient (Wildman–Crippen LogP) is 2.76. The normalized spacial score (nSPS) is 18.6. The number of carboxylic acid groups (broad SMARTS) is 1. The maximum Gasteiger partial charge on any atom is 0.304 e. The smallest absolute Gasteiger partial charge is 0.304 e. The summed E-state index contributed by atoms with van der Waals surface area (Å²) in [6.07, 6.45) is -1.59. The van der Waals surface area contributed by atoms with Gasteiger partial charge in [0, 0.05) is 0 Å². The molecule has 0 amide bonds. The van der Waals surface area contributed by atoms with Gasteiger partial charge in [0.2, 0.25) is 0 Å². The monoisotopic (exact) mass is 200 g/mol. The lowest BCUT2D eigenvalue weighted by molar-refractivity contribution is -0.136. The molecule has 0 bridgehead atoms. The zero-order valence-electron chi connectivity index (χ0n) is 5.07. The summed E-state index contributed by atoms with van der Waals surface area (Å²) in [6.45, 7) is 0. The third-order valence-corrected chi connectivity index (χ3v) is 1.68. The van der Waals surface area contributed by atoms with Gasteiger partial charge in [0.15, 0.2) is 0 Å². The fourth-order valence-electron chi connectivity index (χ4n) is 0.280. The van der Waals surface area contributed by atoms with Gasteiger partial charge < -0.3 is 5.11 Å². The van der Waals surface area contributed by atoms with Crippen molar-refractivity contribution < 1.29 is 29.3 Å². The standard InChI is InChI=1S/C3H5F5O2S/c4-11(5,6,7,8)2-1-3(9)10/h1-2H2,(H,9,10). The minimum atomic E-state index is -9.48. The van der Waals surface area contributed by atoms with Crippen LogP contribution < -0.4 is 0 Å². The molecule has 0 saturated carbocycles. The largest absolute Gasteiger partial charge is 0.481 e. The van der Waals surface area contributed by atoms with Gasteiger partial charge in [0.1, 0.15) is 0 Å². The highest BCUT2D eigenvalue weighted by atomic mass is 32.5. The van der Waals surface area contributed by atoms with Crippen LogP contribution in [0.4, 0.5) is 19.4 Å². The molecule has 0 saturated heterocycles. The Morgan fingerprint density at radius 1 is 1.18 bits per heavy atom. The van der Waals surface area contributed by atoms with E-state index in [-0.39, 0.29) is 0 Å². The number of carbonyl (C=O) groups is 1. The summed E-state index contributed by atoms with van der Waals surface area (Å²) >= 11 is 0. The molecule has 0 unspecified atom stereocenters. The van der Waals surface area contributed by atoms with Crippen LogP contribution in [0.1, 0.15) is 6.42 Å². The summed E-state index contributed by atoms with van der Waals surface area (Å²) in [4.78, 5) is 9.52. The van der Waals surface area contributed by atoms with Gasteiger partial charge in [-0.1, -0.05) is 19.4 Å². The van der Waals surface area contributed by atoms with Crippen molar-refractivity contribution in [2.24, 2.45) is 0 Å². The number of carboxylic acids is 1. The van der Waals surface area contributed by atoms with Crippen molar-refractivity contribution in [2.45, 2.75) is 6.42 Å². The molecule has 0 aromatic carbocycles. The first-order chi connectivity index (χ1) is 4.39. The Labute approximate surface area is 58.7 Å². The summed E-state index contributed by atoms with van der Waals surface area (Å²) in [5.41, 5.74) is 0. The van der Waals surface area contributed by atoms with Crippen LogP contribution in [0.2, 0.25) is 0 Å². The molecule has 0 radical (unpaired) electrons. The van der Waals surface area contributed by atoms with Gasteiger partial charge in [-0.25, -0.2) is 0 Å². The van der Waals surface area contributed by atoms with Crippen LogP contribution in [0.25, 0.3) is 0 Å². The van der Waals surface area contributed by atoms with Gasteiger partial charge in [-0.3, -0.25) is 4.79 Å². The lowest BCUT2D eigenvalue weighted by Crippen LogP contribution is -2.14. The van der Waals surface area contributed by atoms with Crippen LogP contribution in [0.3, 0.4) is 0 Å². The van der Waals surface area contributed by atoms with Crippen molar-refractivity contribution in [3.63, 3.8) is 0 Å². The summed E-state index contributed by atoms with van der Waals surface area (Å²) in [5, 5.41) is 7.69. The maximum absolute atomic E-state index is 11.3. The van der Waals surface area contributed by atoms with Crippen molar-refractivity contribution in [3.05, 3.63) is 0 Å². The van der Waals surface area contributed by atoms with E-state index in [1.165, 1.54) is 0 Å². The summed E-state index contributed by atoms with van der Waals surface area (Å²) < 4.78 is 56.6. The fraction of sp³-hybridized carbons (Fsp3) is 0.667. The average Bonchev–Trinajstić information content (AvgIpc) is 1.56. The Morgan fingerprint density at radius 2 is 1.55 bits per heavy atom. The second kappa shape index (κ2) is 1.79. The minimum absolute atomic E-state index is 1.59. The van der Waals surface area contributed by atoms with Crippen molar-refractivity contribution >= 4 is 16.2 Å². The van der Waals surface area contributed by atoms with Crippen molar-refractivity contribution in [1.82, 2.24) is 0 Å². The first-order valence-corrected chi connectivity index (χ1v) is 4.46. The van der Waals surface area contributed by atoms with Crippen LogP contribution >= 0.6 is 10.2 Å². The third-order valence-electron chi connectivity index (χ3n) is 0.702. The lowest BCUT2D eigenvalue weighted by atomic mass is 10.5. The Kier molecular flexibility index (Phi) is 1.71. The lowest BCUT2D eigenvalue weighted by Gasteiger charge is -2.39. The van der Waals surface area contributed by atoms with Crippen molar-refractivity contribution in [3.8, 4) is 0 Å². The van der Waals surface area contributed by atoms with E-state index in [0.717, 1.165) is 0 Å². The highest BCUT2D eigenvalue weighted by Crippen LogP contribution is 2.97. The van der Waals surface area contributed by atoms with E-state index in [9.17, 15) is 24.2 Å². The minimum Gasteiger partial charge on any atom is -0.481 e. The van der Waals surface area contributed by atoms with E-state index >= 15 is 0 Å². The third kappa shape index (κ3) is 9.47. The zero-order chi connectivity index (χ0) is 9.40. The first kappa shape index (κ1) is 10.5. The van der Waals surface area contributed by atoms with Crippen LogP contribution in [-0.4, -0.2) is 16.8 Å². The molecule has 0 spiro atoms. The van der Waals surface area contributed by atoms with E-state index in [1.54, 1.807) is 0 Å². The van der Waals surface area contributed by atoms with E-state index in [0.29, 0.717) is 0 Å². The molecule has 0 aliphatic carbocycles. The second-order valence-electron chi connectivity index (χ2n) is 1.98. The van der Waals surface area contributed by atoms with Crippen LogP contribution in [0, 0.1) is 0 Å². The number of hydrogen-bond acceptors (Lipinski definition) is 1. The molecule has 0 aliphatic rings. The van der Waals surface area contributed by atoms with E-state index in [2.05, 4.69) is 0 Å². The first-order valence-electron chi connectivity index (χ1n) is 2.34. The van der Waals surface area contributed by atoms with Gasteiger partial charge in [0.05, 0.1) is 12.2 Å². The van der Waals surface area contributed by atoms with Gasteiger partial charge >= 0.3 is 5.97 Å². The van der Waals surface area contributed by atoms with Gasteiger partial charge in [0.25, 0.3) is 10.2 Å². The Morgan fingerprint density at radius 3 is 1.64 bits per heavy atom. The molecule has 0 aliphatic heterocycles. The van der Waals surface area contributed by atoms with Crippen molar-refractivity contribution in [1.29, 1.82) is 0 Å². The van der Waals surface area contributed by atoms with Crippen molar-refractivity contribution in [2.75, 3.05) is 5.75 Å². The molecule has 0 fully saturated rings. The zero-order valence-corrected chi connectivity index (χ0v) is 5.88. The number of halogens is 5. The average molecular weight is 200 g/mol. The Balaban J connectivity index is 4.28. The molecule has 0 rings (SSSR count). The molecule has 70 valence electrons. The maximum atomic E-state index is 11.3. The molecular weight excluding hydrogens is 195 g/mol. The van der Waals surface area contributed by atoms with Gasteiger partial charge in [-0.2, -0.15) is 0 Å². The number of hydrogen-bond donors (Lipinski definition) is 1. The highest BCUT2D eigenvalue weighted by Gasteiger charge is 2.62. The van der Waals surface area contributed by atoms with E-state index in [1.807, 2.05) is 0 Å². The highest BCUT2D eigenvalue weighted by molar-refractivity contribution is 8.45. The fourth-order valence-corrected chi connectivity index (χ4v) is 0.841. The predicted molar refractivity (Wildman–Crippen MR) is 30.3 cm³/mol. The molecule has 0 heterocycles. The summed E-state index contributed by atoms with van der Waals surface area (Å²) in [7, 11) is -9.48. The van der Waals surface area contributed by atoms with Crippen LogP contribution in [0.5, 0.6) is 0 Å².